The van der Waals surface area contributed by atoms with Gasteiger partial charge in [0.05, 0.1) is 20.0 Å². The Balaban J connectivity index is 1.50. The molecule has 1 aliphatic rings. The largest absolute Gasteiger partial charge is 0.488 e. The maximum atomic E-state index is 12.9. The highest BCUT2D eigenvalue weighted by molar-refractivity contribution is 9.10. The van der Waals surface area contributed by atoms with E-state index in [9.17, 15) is 14.9 Å². The molecule has 0 atom stereocenters. The minimum absolute atomic E-state index is 0.0542. The number of nitro benzene ring substituents is 1. The Hall–Kier alpha value is -2.72. The molecule has 1 fully saturated rings. The van der Waals surface area contributed by atoms with Crippen molar-refractivity contribution in [1.29, 1.82) is 0 Å². The van der Waals surface area contributed by atoms with Gasteiger partial charge in [0.1, 0.15) is 12.4 Å². The second kappa shape index (κ2) is 10.0. The van der Waals surface area contributed by atoms with Gasteiger partial charge in [0.15, 0.2) is 4.32 Å². The Kier molecular flexibility index (Phi) is 7.14. The molecule has 0 bridgehead atoms. The van der Waals surface area contributed by atoms with Crippen molar-refractivity contribution >= 4 is 79.2 Å². The number of ether oxygens (including phenoxy) is 1. The lowest BCUT2D eigenvalue weighted by atomic mass is 10.2. The number of benzene rings is 3. The SMILES string of the molecule is O=C1/C(=C/c2ccc(OCc3ccccc3Cl)c(Br)c2)SC(=S)N1c1ccc([N+](=O)[O-])cc1. The van der Waals surface area contributed by atoms with Crippen LogP contribution in [0.5, 0.6) is 5.75 Å². The van der Waals surface area contributed by atoms with Gasteiger partial charge < -0.3 is 4.74 Å². The lowest BCUT2D eigenvalue weighted by Crippen LogP contribution is -2.27. The number of hydrogen-bond acceptors (Lipinski definition) is 6. The van der Waals surface area contributed by atoms with E-state index < -0.39 is 4.92 Å². The molecule has 0 saturated carbocycles. The van der Waals surface area contributed by atoms with E-state index in [1.165, 1.54) is 40.9 Å². The number of amides is 1. The van der Waals surface area contributed by atoms with Gasteiger partial charge >= 0.3 is 0 Å². The van der Waals surface area contributed by atoms with Gasteiger partial charge in [0.2, 0.25) is 0 Å². The minimum Gasteiger partial charge on any atom is -0.488 e. The van der Waals surface area contributed by atoms with E-state index in [0.717, 1.165) is 15.6 Å². The van der Waals surface area contributed by atoms with Crippen LogP contribution in [0.3, 0.4) is 0 Å². The summed E-state index contributed by atoms with van der Waals surface area (Å²) in [4.78, 5) is 25.1. The third kappa shape index (κ3) is 5.27. The number of nitrogens with zero attached hydrogens (tertiary/aromatic N) is 2. The van der Waals surface area contributed by atoms with E-state index in [-0.39, 0.29) is 11.6 Å². The molecule has 0 aromatic heterocycles. The van der Waals surface area contributed by atoms with Crippen molar-refractivity contribution in [3.8, 4) is 5.75 Å². The lowest BCUT2D eigenvalue weighted by molar-refractivity contribution is -0.384. The molecule has 0 unspecified atom stereocenters. The fourth-order valence-electron chi connectivity index (χ4n) is 3.06. The summed E-state index contributed by atoms with van der Waals surface area (Å²) in [6.45, 7) is 0.325. The maximum absolute atomic E-state index is 12.9. The van der Waals surface area contributed by atoms with Crippen molar-refractivity contribution in [2.24, 2.45) is 0 Å². The van der Waals surface area contributed by atoms with E-state index in [1.54, 1.807) is 6.08 Å². The van der Waals surface area contributed by atoms with E-state index in [1.807, 2.05) is 42.5 Å². The molecular formula is C23H14BrClN2O4S2. The van der Waals surface area contributed by atoms with Gasteiger partial charge in [-0.25, -0.2) is 0 Å². The Morgan fingerprint density at radius 1 is 1.15 bits per heavy atom. The van der Waals surface area contributed by atoms with E-state index in [0.29, 0.717) is 32.3 Å². The predicted molar refractivity (Wildman–Crippen MR) is 139 cm³/mol. The van der Waals surface area contributed by atoms with Crippen LogP contribution in [0.4, 0.5) is 11.4 Å². The van der Waals surface area contributed by atoms with Gasteiger partial charge in [0, 0.05) is 22.7 Å². The summed E-state index contributed by atoms with van der Waals surface area (Å²) in [6.07, 6.45) is 1.74. The molecule has 0 aliphatic carbocycles. The first kappa shape index (κ1) is 23.4. The van der Waals surface area contributed by atoms with Crippen LogP contribution in [0.25, 0.3) is 6.08 Å². The van der Waals surface area contributed by atoms with E-state index in [2.05, 4.69) is 15.9 Å². The summed E-state index contributed by atoms with van der Waals surface area (Å²) >= 11 is 16.2. The van der Waals surface area contributed by atoms with Gasteiger partial charge in [0.25, 0.3) is 11.6 Å². The first-order valence-electron chi connectivity index (χ1n) is 9.51. The van der Waals surface area contributed by atoms with Crippen LogP contribution in [-0.2, 0) is 11.4 Å². The van der Waals surface area contributed by atoms with Crippen LogP contribution in [0.15, 0.2) is 76.1 Å². The number of rotatable bonds is 6. The van der Waals surface area contributed by atoms with Crippen LogP contribution in [0, 0.1) is 10.1 Å². The molecule has 4 rings (SSSR count). The molecule has 33 heavy (non-hydrogen) atoms. The fraction of sp³-hybridized carbons (Fsp3) is 0.0435. The highest BCUT2D eigenvalue weighted by Crippen LogP contribution is 2.37. The average Bonchev–Trinajstić information content (AvgIpc) is 3.07. The Morgan fingerprint density at radius 2 is 1.88 bits per heavy atom. The molecule has 0 N–H and O–H groups in total. The Labute approximate surface area is 212 Å². The summed E-state index contributed by atoms with van der Waals surface area (Å²) in [7, 11) is 0. The van der Waals surface area contributed by atoms with Gasteiger partial charge in [-0.15, -0.1) is 0 Å². The Bertz CT molecular complexity index is 1300. The molecule has 10 heteroatoms. The summed E-state index contributed by atoms with van der Waals surface area (Å²) in [6, 6.07) is 18.7. The third-order valence-corrected chi connectivity index (χ3v) is 7.00. The number of halogens is 2. The molecule has 0 spiro atoms. The minimum atomic E-state index is -0.492. The van der Waals surface area contributed by atoms with Gasteiger partial charge in [-0.2, -0.15) is 0 Å². The number of thioether (sulfide) groups is 1. The Morgan fingerprint density at radius 3 is 2.55 bits per heavy atom. The molecule has 1 amide bonds. The summed E-state index contributed by atoms with van der Waals surface area (Å²) in [5.41, 5.74) is 2.10. The zero-order valence-corrected chi connectivity index (χ0v) is 20.7. The van der Waals surface area contributed by atoms with Crippen molar-refractivity contribution in [3.05, 3.63) is 102 Å². The van der Waals surface area contributed by atoms with Crippen molar-refractivity contribution in [1.82, 2.24) is 0 Å². The summed E-state index contributed by atoms with van der Waals surface area (Å²) < 4.78 is 6.96. The fourth-order valence-corrected chi connectivity index (χ4v) is 5.06. The zero-order valence-electron chi connectivity index (χ0n) is 16.7. The molecule has 3 aromatic carbocycles. The van der Waals surface area contributed by atoms with Gasteiger partial charge in [-0.05, 0) is 57.9 Å². The summed E-state index contributed by atoms with van der Waals surface area (Å²) in [5, 5.41) is 11.5. The monoisotopic (exact) mass is 560 g/mol. The van der Waals surface area contributed by atoms with E-state index >= 15 is 0 Å². The van der Waals surface area contributed by atoms with Crippen molar-refractivity contribution in [2.75, 3.05) is 4.90 Å². The zero-order chi connectivity index (χ0) is 23.5. The molecule has 1 saturated heterocycles. The number of carbonyl (C=O) groups excluding carboxylic acids is 1. The first-order valence-corrected chi connectivity index (χ1v) is 11.9. The van der Waals surface area contributed by atoms with Crippen LogP contribution in [-0.4, -0.2) is 15.2 Å². The molecular weight excluding hydrogens is 548 g/mol. The second-order valence-corrected chi connectivity index (χ2v) is 9.80. The van der Waals surface area contributed by atoms with Crippen LogP contribution in [0.1, 0.15) is 11.1 Å². The molecule has 166 valence electrons. The molecule has 1 aliphatic heterocycles. The first-order chi connectivity index (χ1) is 15.8. The quantitative estimate of drug-likeness (QED) is 0.140. The van der Waals surface area contributed by atoms with Crippen molar-refractivity contribution < 1.29 is 14.5 Å². The molecule has 0 radical (unpaired) electrons. The normalized spacial score (nSPS) is 14.7. The predicted octanol–water partition coefficient (Wildman–Crippen LogP) is 7.00. The molecule has 1 heterocycles. The smallest absolute Gasteiger partial charge is 0.270 e. The number of non-ortho nitro benzene ring substituents is 1. The lowest BCUT2D eigenvalue weighted by Gasteiger charge is -2.14. The summed E-state index contributed by atoms with van der Waals surface area (Å²) in [5.74, 6) is 0.361. The number of nitro groups is 1. The van der Waals surface area contributed by atoms with Crippen LogP contribution >= 0.6 is 51.5 Å². The highest BCUT2D eigenvalue weighted by atomic mass is 79.9. The molecule has 3 aromatic rings. The number of carbonyl (C=O) groups is 1. The number of hydrogen-bond donors (Lipinski definition) is 0. The van der Waals surface area contributed by atoms with Crippen LogP contribution < -0.4 is 9.64 Å². The van der Waals surface area contributed by atoms with Gasteiger partial charge in [-0.1, -0.05) is 59.8 Å². The number of anilines is 1. The molecule has 6 nitrogen and oxygen atoms in total. The average molecular weight is 562 g/mol. The standard InChI is InChI=1S/C23H14BrClN2O4S2/c24-18-11-14(5-10-20(18)31-13-15-3-1-2-4-19(15)25)12-21-22(28)26(23(32)33-21)16-6-8-17(9-7-16)27(29)30/h1-12H,13H2/b21-12-. The second-order valence-electron chi connectivity index (χ2n) is 6.86. The van der Waals surface area contributed by atoms with Crippen molar-refractivity contribution in [2.45, 2.75) is 6.61 Å². The topological polar surface area (TPSA) is 72.7 Å². The van der Waals surface area contributed by atoms with E-state index in [4.69, 9.17) is 28.6 Å². The van der Waals surface area contributed by atoms with Gasteiger partial charge in [-0.3, -0.25) is 19.8 Å². The number of thiocarbonyl (C=S) groups is 1. The third-order valence-electron chi connectivity index (χ3n) is 4.71. The maximum Gasteiger partial charge on any atom is 0.270 e. The van der Waals surface area contributed by atoms with Crippen molar-refractivity contribution in [3.63, 3.8) is 0 Å². The highest BCUT2D eigenvalue weighted by Gasteiger charge is 2.33. The van der Waals surface area contributed by atoms with Crippen LogP contribution in [0.2, 0.25) is 5.02 Å².